The highest BCUT2D eigenvalue weighted by molar-refractivity contribution is 7.07. The predicted molar refractivity (Wildman–Crippen MR) is 110 cm³/mol. The molecule has 1 aromatic rings. The van der Waals surface area contributed by atoms with E-state index < -0.39 is 5.60 Å². The first-order valence-electron chi connectivity index (χ1n) is 10.3. The third kappa shape index (κ3) is 4.98. The Kier molecular flexibility index (Phi) is 7.06. The Morgan fingerprint density at radius 2 is 2.04 bits per heavy atom. The number of hydrogen-bond acceptors (Lipinski definition) is 5. The molecule has 1 atom stereocenters. The third-order valence-corrected chi connectivity index (χ3v) is 6.62. The van der Waals surface area contributed by atoms with Crippen LogP contribution >= 0.6 is 11.3 Å². The number of aromatic nitrogens is 1. The van der Waals surface area contributed by atoms with E-state index in [1.165, 1.54) is 16.9 Å². The summed E-state index contributed by atoms with van der Waals surface area (Å²) in [6.07, 6.45) is 9.20. The maximum atomic E-state index is 13.1. The van der Waals surface area contributed by atoms with E-state index in [1.807, 2.05) is 5.38 Å². The van der Waals surface area contributed by atoms with E-state index in [0.717, 1.165) is 64.6 Å². The van der Waals surface area contributed by atoms with Crippen molar-refractivity contribution in [1.29, 1.82) is 0 Å². The van der Waals surface area contributed by atoms with Gasteiger partial charge in [-0.1, -0.05) is 24.5 Å². The molecule has 1 aliphatic carbocycles. The number of likely N-dealkylation sites (tertiary alicyclic amines) is 1. The Bertz CT molecular complexity index is 628. The lowest BCUT2D eigenvalue weighted by Crippen LogP contribution is -2.54. The van der Waals surface area contributed by atoms with Crippen LogP contribution in [0.1, 0.15) is 64.5 Å². The van der Waals surface area contributed by atoms with Crippen LogP contribution in [0.5, 0.6) is 0 Å². The first-order chi connectivity index (χ1) is 13.0. The second-order valence-corrected chi connectivity index (χ2v) is 9.00. The van der Waals surface area contributed by atoms with Crippen molar-refractivity contribution in [2.45, 2.75) is 70.4 Å². The topological polar surface area (TPSA) is 65.5 Å². The second kappa shape index (κ2) is 9.30. The van der Waals surface area contributed by atoms with Gasteiger partial charge in [0.2, 0.25) is 0 Å². The number of nitrogens with one attached hydrogen (secondary N) is 1. The third-order valence-electron chi connectivity index (χ3n) is 6.04. The van der Waals surface area contributed by atoms with Crippen LogP contribution in [-0.4, -0.2) is 46.6 Å². The number of allylic oxidation sites excluding steroid dienone is 1. The SMILES string of the molecule is CC(C)=CCCN1CCC(NC(=O)C(O)(c2cscn2)C2CCCC2)CC1. The van der Waals surface area contributed by atoms with Gasteiger partial charge in [-0.3, -0.25) is 4.79 Å². The molecule has 1 amide bonds. The van der Waals surface area contributed by atoms with Gasteiger partial charge < -0.3 is 15.3 Å². The zero-order chi connectivity index (χ0) is 19.3. The number of hydrogen-bond donors (Lipinski definition) is 2. The monoisotopic (exact) mass is 391 g/mol. The minimum absolute atomic E-state index is 0.0243. The number of aliphatic hydroxyl groups is 1. The molecule has 0 bridgehead atoms. The summed E-state index contributed by atoms with van der Waals surface area (Å²) in [7, 11) is 0. The van der Waals surface area contributed by atoms with E-state index in [1.54, 1.807) is 5.51 Å². The molecule has 2 N–H and O–H groups in total. The summed E-state index contributed by atoms with van der Waals surface area (Å²) in [6.45, 7) is 7.35. The number of carbonyl (C=O) groups is 1. The fourth-order valence-corrected chi connectivity index (χ4v) is 4.99. The fraction of sp³-hybridized carbons (Fsp3) is 0.714. The van der Waals surface area contributed by atoms with Crippen LogP contribution in [-0.2, 0) is 10.4 Å². The van der Waals surface area contributed by atoms with E-state index in [9.17, 15) is 9.90 Å². The van der Waals surface area contributed by atoms with E-state index in [4.69, 9.17) is 0 Å². The Morgan fingerprint density at radius 1 is 1.33 bits per heavy atom. The standard InChI is InChI=1S/C21H33N3O2S/c1-16(2)6-5-11-24-12-9-18(10-13-24)23-20(25)21(26,17-7-3-4-8-17)19-14-27-15-22-19/h6,14-15,17-18,26H,3-5,7-13H2,1-2H3,(H,23,25). The van der Waals surface area contributed by atoms with E-state index in [0.29, 0.717) is 5.69 Å². The van der Waals surface area contributed by atoms with Crippen molar-refractivity contribution in [3.8, 4) is 0 Å². The average molecular weight is 392 g/mol. The van der Waals surface area contributed by atoms with Gasteiger partial charge in [0.05, 0.1) is 11.2 Å². The molecule has 2 fully saturated rings. The lowest BCUT2D eigenvalue weighted by atomic mass is 9.82. The van der Waals surface area contributed by atoms with E-state index >= 15 is 0 Å². The molecular formula is C21H33N3O2S. The Labute approximate surface area is 166 Å². The molecule has 1 aliphatic heterocycles. The number of nitrogens with zero attached hydrogens (tertiary/aromatic N) is 2. The summed E-state index contributed by atoms with van der Waals surface area (Å²) in [6, 6.07) is 0.142. The van der Waals surface area contributed by atoms with E-state index in [-0.39, 0.29) is 17.9 Å². The van der Waals surface area contributed by atoms with Gasteiger partial charge >= 0.3 is 0 Å². The first kappa shape index (κ1) is 20.5. The molecule has 0 aromatic carbocycles. The molecular weight excluding hydrogens is 358 g/mol. The van der Waals surface area contributed by atoms with Gasteiger partial charge in [-0.2, -0.15) is 0 Å². The van der Waals surface area contributed by atoms with Crippen LogP contribution in [0, 0.1) is 5.92 Å². The first-order valence-corrected chi connectivity index (χ1v) is 11.2. The lowest BCUT2D eigenvalue weighted by Gasteiger charge is -2.36. The molecule has 3 rings (SSSR count). The van der Waals surface area contributed by atoms with E-state index in [2.05, 4.69) is 35.1 Å². The molecule has 1 saturated heterocycles. The molecule has 150 valence electrons. The Morgan fingerprint density at radius 3 is 2.63 bits per heavy atom. The summed E-state index contributed by atoms with van der Waals surface area (Å²) >= 11 is 1.44. The zero-order valence-corrected chi connectivity index (χ0v) is 17.4. The predicted octanol–water partition coefficient (Wildman–Crippen LogP) is 3.46. The van der Waals surface area contributed by atoms with Gasteiger partial charge in [0.1, 0.15) is 0 Å². The normalized spacial score (nSPS) is 21.7. The maximum absolute atomic E-state index is 13.1. The molecule has 1 unspecified atom stereocenters. The minimum Gasteiger partial charge on any atom is -0.374 e. The van der Waals surface area contributed by atoms with Crippen LogP contribution in [0.2, 0.25) is 0 Å². The van der Waals surface area contributed by atoms with Gasteiger partial charge in [0, 0.05) is 37.0 Å². The smallest absolute Gasteiger partial charge is 0.258 e. The summed E-state index contributed by atoms with van der Waals surface area (Å²) in [4.78, 5) is 19.9. The number of thiazole rings is 1. The molecule has 1 saturated carbocycles. The van der Waals surface area contributed by atoms with Gasteiger partial charge in [-0.15, -0.1) is 11.3 Å². The number of piperidine rings is 1. The molecule has 0 spiro atoms. The highest BCUT2D eigenvalue weighted by Crippen LogP contribution is 2.40. The number of amides is 1. The zero-order valence-electron chi connectivity index (χ0n) is 16.6. The lowest BCUT2D eigenvalue weighted by molar-refractivity contribution is -0.149. The quantitative estimate of drug-likeness (QED) is 0.699. The molecule has 6 heteroatoms. The van der Waals surface area contributed by atoms with Crippen LogP contribution in [0.15, 0.2) is 22.5 Å². The van der Waals surface area contributed by atoms with Gasteiger partial charge in [0.15, 0.2) is 5.60 Å². The highest BCUT2D eigenvalue weighted by atomic mass is 32.1. The van der Waals surface area contributed by atoms with Crippen molar-refractivity contribution in [2.24, 2.45) is 5.92 Å². The number of rotatable bonds is 7. The molecule has 1 aromatic heterocycles. The molecule has 0 radical (unpaired) electrons. The van der Waals surface area contributed by atoms with Crippen molar-refractivity contribution in [2.75, 3.05) is 19.6 Å². The van der Waals surface area contributed by atoms with Crippen molar-refractivity contribution >= 4 is 17.2 Å². The average Bonchev–Trinajstić information content (AvgIpc) is 3.36. The van der Waals surface area contributed by atoms with Crippen molar-refractivity contribution in [3.05, 3.63) is 28.2 Å². The van der Waals surface area contributed by atoms with Crippen LogP contribution in [0.25, 0.3) is 0 Å². The summed E-state index contributed by atoms with van der Waals surface area (Å²) in [5.41, 5.74) is 2.12. The van der Waals surface area contributed by atoms with Gasteiger partial charge in [-0.25, -0.2) is 4.98 Å². The van der Waals surface area contributed by atoms with Gasteiger partial charge in [-0.05, 0) is 46.0 Å². The fourth-order valence-electron chi connectivity index (χ4n) is 4.39. The minimum atomic E-state index is -1.48. The molecule has 27 heavy (non-hydrogen) atoms. The largest absolute Gasteiger partial charge is 0.374 e. The Balaban J connectivity index is 1.56. The van der Waals surface area contributed by atoms with Crippen molar-refractivity contribution < 1.29 is 9.90 Å². The summed E-state index contributed by atoms with van der Waals surface area (Å²) in [5, 5.41) is 16.4. The Hall–Kier alpha value is -1.24. The highest BCUT2D eigenvalue weighted by Gasteiger charge is 2.48. The molecule has 2 heterocycles. The summed E-state index contributed by atoms with van der Waals surface area (Å²) < 4.78 is 0. The van der Waals surface area contributed by atoms with Crippen molar-refractivity contribution in [1.82, 2.24) is 15.2 Å². The second-order valence-electron chi connectivity index (χ2n) is 8.28. The van der Waals surface area contributed by atoms with Crippen molar-refractivity contribution in [3.63, 3.8) is 0 Å². The van der Waals surface area contributed by atoms with Crippen LogP contribution in [0.3, 0.4) is 0 Å². The summed E-state index contributed by atoms with van der Waals surface area (Å²) in [5.74, 6) is -0.271. The number of carbonyl (C=O) groups excluding carboxylic acids is 1. The van der Waals surface area contributed by atoms with Crippen LogP contribution in [0.4, 0.5) is 0 Å². The maximum Gasteiger partial charge on any atom is 0.258 e. The van der Waals surface area contributed by atoms with Crippen LogP contribution < -0.4 is 5.32 Å². The molecule has 5 nitrogen and oxygen atoms in total. The molecule has 2 aliphatic rings. The van der Waals surface area contributed by atoms with Gasteiger partial charge in [0.25, 0.3) is 5.91 Å².